The Kier molecular flexibility index (Phi) is 7.06. The number of ether oxygens (including phenoxy) is 1. The molecule has 3 rings (SSSR count). The molecule has 0 saturated heterocycles. The lowest BCUT2D eigenvalue weighted by Crippen LogP contribution is -2.28. The third-order valence-electron chi connectivity index (χ3n) is 4.67. The highest BCUT2D eigenvalue weighted by molar-refractivity contribution is 5.77. The summed E-state index contributed by atoms with van der Waals surface area (Å²) in [5.41, 5.74) is 2.18. The highest BCUT2D eigenvalue weighted by Gasteiger charge is 2.11. The topological polar surface area (TPSA) is 56.2 Å². The van der Waals surface area contributed by atoms with Gasteiger partial charge in [-0.1, -0.05) is 44.2 Å². The first-order valence-electron chi connectivity index (χ1n) is 10.0. The van der Waals surface area contributed by atoms with Crippen LogP contribution >= 0.6 is 0 Å². The number of nitrogens with zero attached hydrogens (tertiary/aromatic N) is 2. The minimum absolute atomic E-state index is 0.0224. The number of hydrogen-bond donors (Lipinski definition) is 1. The molecule has 0 fully saturated rings. The van der Waals surface area contributed by atoms with Gasteiger partial charge in [-0.05, 0) is 37.1 Å². The van der Waals surface area contributed by atoms with E-state index in [9.17, 15) is 4.79 Å². The predicted octanol–water partition coefficient (Wildman–Crippen LogP) is 4.21. The monoisotopic (exact) mass is 379 g/mol. The second-order valence-electron chi connectivity index (χ2n) is 7.23. The maximum absolute atomic E-state index is 11.7. The fourth-order valence-electron chi connectivity index (χ4n) is 3.16. The van der Waals surface area contributed by atoms with E-state index in [0.717, 1.165) is 48.4 Å². The van der Waals surface area contributed by atoms with Crippen molar-refractivity contribution in [3.63, 3.8) is 0 Å². The van der Waals surface area contributed by atoms with Crippen LogP contribution in [-0.2, 0) is 17.8 Å². The second kappa shape index (κ2) is 9.93. The number of nitrogens with one attached hydrogen (secondary N) is 1. The third-order valence-corrected chi connectivity index (χ3v) is 4.67. The van der Waals surface area contributed by atoms with E-state index in [1.165, 1.54) is 0 Å². The Labute approximate surface area is 166 Å². The number of para-hydroxylation sites is 3. The number of rotatable bonds is 10. The minimum Gasteiger partial charge on any atom is -0.494 e. The molecule has 0 aliphatic carbocycles. The van der Waals surface area contributed by atoms with Crippen LogP contribution in [0.3, 0.4) is 0 Å². The van der Waals surface area contributed by atoms with E-state index in [-0.39, 0.29) is 11.8 Å². The van der Waals surface area contributed by atoms with Gasteiger partial charge in [-0.2, -0.15) is 0 Å². The van der Waals surface area contributed by atoms with Crippen LogP contribution in [0.4, 0.5) is 0 Å². The molecule has 5 heteroatoms. The Morgan fingerprint density at radius 2 is 1.82 bits per heavy atom. The lowest BCUT2D eigenvalue weighted by Gasteiger charge is -2.11. The lowest BCUT2D eigenvalue weighted by molar-refractivity contribution is -0.123. The Hall–Kier alpha value is -2.82. The molecule has 0 aliphatic heterocycles. The zero-order chi connectivity index (χ0) is 19.8. The second-order valence-corrected chi connectivity index (χ2v) is 7.23. The van der Waals surface area contributed by atoms with Gasteiger partial charge in [-0.3, -0.25) is 4.79 Å². The normalized spacial score (nSPS) is 11.1. The van der Waals surface area contributed by atoms with E-state index in [0.29, 0.717) is 13.2 Å². The first-order valence-corrected chi connectivity index (χ1v) is 10.0. The zero-order valence-electron chi connectivity index (χ0n) is 16.7. The summed E-state index contributed by atoms with van der Waals surface area (Å²) in [6, 6.07) is 18.1. The number of hydrogen-bond acceptors (Lipinski definition) is 3. The van der Waals surface area contributed by atoms with Crippen molar-refractivity contribution < 1.29 is 9.53 Å². The van der Waals surface area contributed by atoms with E-state index in [1.54, 1.807) is 0 Å². The maximum atomic E-state index is 11.7. The van der Waals surface area contributed by atoms with Crippen molar-refractivity contribution in [3.05, 3.63) is 60.4 Å². The SMILES string of the molecule is CC(C)C(=O)NCCCc1nc2ccccc2n1CCCOc1ccccc1. The smallest absolute Gasteiger partial charge is 0.222 e. The molecule has 0 bridgehead atoms. The molecule has 28 heavy (non-hydrogen) atoms. The Morgan fingerprint density at radius 1 is 1.07 bits per heavy atom. The van der Waals surface area contributed by atoms with Gasteiger partial charge in [0.05, 0.1) is 17.6 Å². The molecule has 3 aromatic rings. The molecule has 148 valence electrons. The van der Waals surface area contributed by atoms with E-state index in [1.807, 2.05) is 56.3 Å². The summed E-state index contributed by atoms with van der Waals surface area (Å²) in [6.45, 7) is 6.03. The van der Waals surface area contributed by atoms with E-state index < -0.39 is 0 Å². The molecule has 0 unspecified atom stereocenters. The fraction of sp³-hybridized carbons (Fsp3) is 0.391. The Morgan fingerprint density at radius 3 is 2.61 bits per heavy atom. The summed E-state index contributed by atoms with van der Waals surface area (Å²) in [4.78, 5) is 16.5. The zero-order valence-corrected chi connectivity index (χ0v) is 16.7. The quantitative estimate of drug-likeness (QED) is 0.537. The van der Waals surface area contributed by atoms with Gasteiger partial charge < -0.3 is 14.6 Å². The van der Waals surface area contributed by atoms with Gasteiger partial charge in [0.15, 0.2) is 0 Å². The van der Waals surface area contributed by atoms with Gasteiger partial charge in [-0.15, -0.1) is 0 Å². The summed E-state index contributed by atoms with van der Waals surface area (Å²) in [7, 11) is 0. The summed E-state index contributed by atoms with van der Waals surface area (Å²) >= 11 is 0. The highest BCUT2D eigenvalue weighted by atomic mass is 16.5. The number of imidazole rings is 1. The van der Waals surface area contributed by atoms with Crippen molar-refractivity contribution in [1.82, 2.24) is 14.9 Å². The molecule has 0 saturated carbocycles. The van der Waals surface area contributed by atoms with Gasteiger partial charge in [-0.25, -0.2) is 4.98 Å². The van der Waals surface area contributed by atoms with Gasteiger partial charge in [0.2, 0.25) is 5.91 Å². The van der Waals surface area contributed by atoms with Gasteiger partial charge in [0.25, 0.3) is 0 Å². The summed E-state index contributed by atoms with van der Waals surface area (Å²) in [5.74, 6) is 2.10. The minimum atomic E-state index is 0.0224. The first-order chi connectivity index (χ1) is 13.6. The fourth-order valence-corrected chi connectivity index (χ4v) is 3.16. The summed E-state index contributed by atoms with van der Waals surface area (Å²) < 4.78 is 8.11. The molecule has 0 aliphatic rings. The third kappa shape index (κ3) is 5.35. The molecule has 0 radical (unpaired) electrons. The molecule has 1 amide bonds. The van der Waals surface area contributed by atoms with Gasteiger partial charge >= 0.3 is 0 Å². The molecular weight excluding hydrogens is 350 g/mol. The molecule has 1 N–H and O–H groups in total. The molecule has 1 aromatic heterocycles. The number of amides is 1. The van der Waals surface area contributed by atoms with Gasteiger partial charge in [0, 0.05) is 25.4 Å². The number of aryl methyl sites for hydroxylation is 2. The van der Waals surface area contributed by atoms with E-state index in [4.69, 9.17) is 9.72 Å². The maximum Gasteiger partial charge on any atom is 0.222 e. The predicted molar refractivity (Wildman–Crippen MR) is 112 cm³/mol. The molecule has 5 nitrogen and oxygen atoms in total. The van der Waals surface area contributed by atoms with Crippen LogP contribution in [0.15, 0.2) is 54.6 Å². The average Bonchev–Trinajstić information content (AvgIpc) is 3.06. The number of fused-ring (bicyclic) bond motifs is 1. The van der Waals surface area contributed by atoms with Crippen molar-refractivity contribution in [2.75, 3.05) is 13.2 Å². The number of aromatic nitrogens is 2. The van der Waals surface area contributed by atoms with Crippen LogP contribution in [-0.4, -0.2) is 28.6 Å². The van der Waals surface area contributed by atoms with Crippen molar-refractivity contribution in [1.29, 1.82) is 0 Å². The number of benzene rings is 2. The van der Waals surface area contributed by atoms with Crippen molar-refractivity contribution in [2.45, 2.75) is 39.7 Å². The summed E-state index contributed by atoms with van der Waals surface area (Å²) in [5, 5.41) is 2.98. The van der Waals surface area contributed by atoms with Crippen LogP contribution in [0.1, 0.15) is 32.5 Å². The Balaban J connectivity index is 1.58. The van der Waals surface area contributed by atoms with Crippen molar-refractivity contribution in [3.8, 4) is 5.75 Å². The van der Waals surface area contributed by atoms with E-state index >= 15 is 0 Å². The molecule has 1 heterocycles. The summed E-state index contributed by atoms with van der Waals surface area (Å²) in [6.07, 6.45) is 2.63. The Bertz CT molecular complexity index is 887. The molecule has 2 aromatic carbocycles. The number of carbonyl (C=O) groups is 1. The molecule has 0 spiro atoms. The van der Waals surface area contributed by atoms with Crippen LogP contribution in [0.25, 0.3) is 11.0 Å². The van der Waals surface area contributed by atoms with Gasteiger partial charge in [0.1, 0.15) is 11.6 Å². The largest absolute Gasteiger partial charge is 0.494 e. The highest BCUT2D eigenvalue weighted by Crippen LogP contribution is 2.18. The number of carbonyl (C=O) groups excluding carboxylic acids is 1. The standard InChI is InChI=1S/C23H29N3O2/c1-18(2)23(27)24-15-8-14-22-25-20-12-6-7-13-21(20)26(22)16-9-17-28-19-10-4-3-5-11-19/h3-7,10-13,18H,8-9,14-17H2,1-2H3,(H,24,27). The van der Waals surface area contributed by atoms with Crippen molar-refractivity contribution >= 4 is 16.9 Å². The van der Waals surface area contributed by atoms with Crippen LogP contribution in [0.2, 0.25) is 0 Å². The molecular formula is C23H29N3O2. The van der Waals surface area contributed by atoms with Crippen molar-refractivity contribution in [2.24, 2.45) is 5.92 Å². The lowest BCUT2D eigenvalue weighted by atomic mass is 10.2. The average molecular weight is 380 g/mol. The van der Waals surface area contributed by atoms with E-state index in [2.05, 4.69) is 22.0 Å². The van der Waals surface area contributed by atoms with Crippen LogP contribution < -0.4 is 10.1 Å². The van der Waals surface area contributed by atoms with Crippen LogP contribution in [0.5, 0.6) is 5.75 Å². The van der Waals surface area contributed by atoms with Crippen LogP contribution in [0, 0.1) is 5.92 Å². The molecule has 0 atom stereocenters. The first kappa shape index (κ1) is 19.9.